The first-order valence-corrected chi connectivity index (χ1v) is 25.0. The maximum atomic E-state index is 4.76. The van der Waals surface area contributed by atoms with Gasteiger partial charge in [-0.2, -0.15) is 20.4 Å². The monoisotopic (exact) mass is 926 g/mol. The number of allylic oxidation sites excluding steroid dienone is 5. The summed E-state index contributed by atoms with van der Waals surface area (Å²) in [5.74, 6) is -0.0932. The summed E-state index contributed by atoms with van der Waals surface area (Å²) in [5.41, 5.74) is 24.3. The van der Waals surface area contributed by atoms with Crippen molar-refractivity contribution in [2.45, 2.75) is 5.92 Å². The molecule has 3 aliphatic carbocycles. The molecular formula is C69H42N4. The van der Waals surface area contributed by atoms with Gasteiger partial charge in [0.15, 0.2) is 0 Å². The van der Waals surface area contributed by atoms with Crippen molar-refractivity contribution in [2.24, 2.45) is 0 Å². The van der Waals surface area contributed by atoms with Crippen molar-refractivity contribution in [1.82, 2.24) is 20.4 Å². The summed E-state index contributed by atoms with van der Waals surface area (Å²) in [6.07, 6.45) is 3.46. The highest BCUT2D eigenvalue weighted by molar-refractivity contribution is 6.30. The lowest BCUT2D eigenvalue weighted by molar-refractivity contribution is 1.03. The third kappa shape index (κ3) is 6.40. The van der Waals surface area contributed by atoms with Crippen molar-refractivity contribution >= 4 is 54.6 Å². The van der Waals surface area contributed by atoms with E-state index in [4.69, 9.17) is 10.2 Å². The van der Waals surface area contributed by atoms with Gasteiger partial charge in [0.25, 0.3) is 0 Å². The number of nitrogens with zero attached hydrogens (tertiary/aromatic N) is 4. The lowest BCUT2D eigenvalue weighted by Gasteiger charge is -2.24. The van der Waals surface area contributed by atoms with E-state index >= 15 is 0 Å². The van der Waals surface area contributed by atoms with Gasteiger partial charge in [-0.15, -0.1) is 0 Å². The molecule has 0 fully saturated rings. The van der Waals surface area contributed by atoms with E-state index in [1.807, 2.05) is 24.3 Å². The van der Waals surface area contributed by atoms with Crippen LogP contribution in [0.3, 0.4) is 0 Å². The molecule has 0 saturated heterocycles. The topological polar surface area (TPSA) is 51.6 Å². The molecule has 12 aromatic rings. The third-order valence-corrected chi connectivity index (χ3v) is 15.4. The number of hydrogen-bond donors (Lipinski definition) is 0. The molecule has 1 unspecified atom stereocenters. The number of fused-ring (bicyclic) bond motifs is 11. The average molecular weight is 927 g/mol. The minimum atomic E-state index is -0.0932. The van der Waals surface area contributed by atoms with Gasteiger partial charge in [-0.25, -0.2) is 0 Å². The molecule has 0 aliphatic heterocycles. The molecule has 2 aromatic heterocycles. The molecule has 0 spiro atoms. The van der Waals surface area contributed by atoms with Crippen LogP contribution in [-0.2, 0) is 0 Å². The summed E-state index contributed by atoms with van der Waals surface area (Å²) in [6.45, 7) is 0. The molecule has 1 atom stereocenters. The number of aromatic nitrogens is 4. The summed E-state index contributed by atoms with van der Waals surface area (Å²) in [7, 11) is 0. The summed E-state index contributed by atoms with van der Waals surface area (Å²) in [5, 5.41) is 25.7. The van der Waals surface area contributed by atoms with E-state index in [1.54, 1.807) is 12.4 Å². The maximum Gasteiger partial charge on any atom is 0.0936 e. The smallest absolute Gasteiger partial charge is 0.0936 e. The molecule has 0 saturated carbocycles. The van der Waals surface area contributed by atoms with Crippen LogP contribution >= 0.6 is 0 Å². The minimum absolute atomic E-state index is 0.0932. The fourth-order valence-electron chi connectivity index (χ4n) is 12.3. The summed E-state index contributed by atoms with van der Waals surface area (Å²) in [4.78, 5) is 0. The second-order valence-electron chi connectivity index (χ2n) is 19.3. The van der Waals surface area contributed by atoms with Crippen LogP contribution in [-0.4, -0.2) is 20.4 Å². The van der Waals surface area contributed by atoms with Crippen LogP contribution in [0.1, 0.15) is 44.9 Å². The van der Waals surface area contributed by atoms with Gasteiger partial charge in [-0.3, -0.25) is 0 Å². The van der Waals surface area contributed by atoms with Crippen LogP contribution in [0.25, 0.3) is 99.4 Å². The van der Waals surface area contributed by atoms with Crippen LogP contribution in [0, 0.1) is 0 Å². The van der Waals surface area contributed by atoms with Gasteiger partial charge in [0.1, 0.15) is 0 Å². The molecule has 338 valence electrons. The second-order valence-corrected chi connectivity index (χ2v) is 19.3. The predicted octanol–water partition coefficient (Wildman–Crippen LogP) is 16.7. The molecule has 4 nitrogen and oxygen atoms in total. The fraction of sp³-hybridized carbons (Fsp3) is 0.0145. The minimum Gasteiger partial charge on any atom is -0.159 e. The lowest BCUT2D eigenvalue weighted by atomic mass is 9.78. The summed E-state index contributed by atoms with van der Waals surface area (Å²) in [6, 6.07) is 87.0. The molecule has 4 heteroatoms. The van der Waals surface area contributed by atoms with Gasteiger partial charge >= 0.3 is 0 Å². The molecule has 15 rings (SSSR count). The predicted molar refractivity (Wildman–Crippen MR) is 299 cm³/mol. The van der Waals surface area contributed by atoms with Gasteiger partial charge in [0.05, 0.1) is 11.4 Å². The number of benzene rings is 10. The molecule has 10 aromatic carbocycles. The Labute approximate surface area is 422 Å². The Morgan fingerprint density at radius 2 is 0.808 bits per heavy atom. The first-order valence-electron chi connectivity index (χ1n) is 25.0. The Bertz CT molecular complexity index is 4330. The van der Waals surface area contributed by atoms with Gasteiger partial charge in [-0.1, -0.05) is 188 Å². The third-order valence-electron chi connectivity index (χ3n) is 15.4. The van der Waals surface area contributed by atoms with Gasteiger partial charge in [-0.05, 0) is 175 Å². The Balaban J connectivity index is 1.09. The highest BCUT2D eigenvalue weighted by Gasteiger charge is 2.45. The first kappa shape index (κ1) is 41.2. The van der Waals surface area contributed by atoms with Crippen molar-refractivity contribution in [3.63, 3.8) is 0 Å². The zero-order chi connectivity index (χ0) is 48.0. The molecule has 73 heavy (non-hydrogen) atoms. The largest absolute Gasteiger partial charge is 0.159 e. The van der Waals surface area contributed by atoms with Crippen molar-refractivity contribution in [3.8, 4) is 44.8 Å². The maximum absolute atomic E-state index is 4.76. The van der Waals surface area contributed by atoms with Crippen LogP contribution in [0.15, 0.2) is 260 Å². The summed E-state index contributed by atoms with van der Waals surface area (Å²) >= 11 is 0. The highest BCUT2D eigenvalue weighted by atomic mass is 15.1. The normalized spacial score (nSPS) is 14.5. The standard InChI is InChI=1S/C69H42N4/c1-4-16-42(17-5-1)46-29-35-55-56(39-46)51-24-12-13-25-54(51)66(55)69-64(45-21-8-3-9-22-45)68-63(44-19-6-2-7-20-44)59-40-57(61-26-14-36-70-72-61)58(62-27-15-37-71-73-62)41-60(59)67(68)65(69)48-31-32-50-47(38-48)30-34-52-49-23-11-10-18-43(49)28-33-53(50)52/h1-41,66H. The quantitative estimate of drug-likeness (QED) is 0.149. The van der Waals surface area contributed by atoms with Gasteiger partial charge < -0.3 is 0 Å². The molecule has 0 N–H and O–H groups in total. The zero-order valence-electron chi connectivity index (χ0n) is 39.5. The SMILES string of the molecule is c1ccc(C2=C(C3c4ccccc4-c4cc(-c5ccccc5)ccc43)C(c3ccc4c(ccc5c6ccccc6ccc45)c3)=C3C2=C(c2ccccc2)c2cc(-c4cccnn4)c(-c4cccnn4)cc23)cc1. The van der Waals surface area contributed by atoms with E-state index in [0.717, 1.165) is 39.2 Å². The van der Waals surface area contributed by atoms with Crippen LogP contribution in [0.5, 0.6) is 0 Å². The zero-order valence-corrected chi connectivity index (χ0v) is 39.5. The first-order chi connectivity index (χ1) is 36.2. The molecule has 0 bridgehead atoms. The van der Waals surface area contributed by atoms with Crippen molar-refractivity contribution in [3.05, 3.63) is 299 Å². The Morgan fingerprint density at radius 1 is 0.260 bits per heavy atom. The molecular weight excluding hydrogens is 885 g/mol. The van der Waals surface area contributed by atoms with Crippen LogP contribution < -0.4 is 0 Å². The second kappa shape index (κ2) is 16.5. The fourth-order valence-corrected chi connectivity index (χ4v) is 12.3. The van der Waals surface area contributed by atoms with Crippen LogP contribution in [0.2, 0.25) is 0 Å². The van der Waals surface area contributed by atoms with E-state index < -0.39 is 0 Å². The Kier molecular flexibility index (Phi) is 9.29. The number of rotatable bonds is 7. The van der Waals surface area contributed by atoms with E-state index in [1.165, 1.54) is 110 Å². The average Bonchev–Trinajstić information content (AvgIpc) is 4.10. The molecule has 0 amide bonds. The van der Waals surface area contributed by atoms with E-state index in [2.05, 4.69) is 223 Å². The highest BCUT2D eigenvalue weighted by Crippen LogP contribution is 2.65. The van der Waals surface area contributed by atoms with Gasteiger partial charge in [0.2, 0.25) is 0 Å². The molecule has 3 aliphatic rings. The van der Waals surface area contributed by atoms with Crippen LogP contribution in [0.4, 0.5) is 0 Å². The van der Waals surface area contributed by atoms with Gasteiger partial charge in [0, 0.05) is 29.4 Å². The summed E-state index contributed by atoms with van der Waals surface area (Å²) < 4.78 is 0. The molecule has 2 heterocycles. The Hall–Kier alpha value is -9.64. The molecule has 0 radical (unpaired) electrons. The van der Waals surface area contributed by atoms with E-state index in [0.29, 0.717) is 0 Å². The van der Waals surface area contributed by atoms with E-state index in [9.17, 15) is 0 Å². The van der Waals surface area contributed by atoms with E-state index in [-0.39, 0.29) is 5.92 Å². The Morgan fingerprint density at radius 3 is 1.49 bits per heavy atom. The van der Waals surface area contributed by atoms with Crippen molar-refractivity contribution in [2.75, 3.05) is 0 Å². The van der Waals surface area contributed by atoms with Crippen molar-refractivity contribution < 1.29 is 0 Å². The van der Waals surface area contributed by atoms with Crippen molar-refractivity contribution in [1.29, 1.82) is 0 Å². The lowest BCUT2D eigenvalue weighted by Crippen LogP contribution is -2.06. The number of hydrogen-bond acceptors (Lipinski definition) is 4.